The molecule has 1 aliphatic heterocycles. The number of hydrogen-bond acceptors (Lipinski definition) is 2. The molecule has 1 heterocycles. The third-order valence-corrected chi connectivity index (χ3v) is 3.97. The molecule has 2 aromatic rings. The number of amides is 1. The van der Waals surface area contributed by atoms with Crippen LogP contribution in [-0.2, 0) is 11.2 Å². The van der Waals surface area contributed by atoms with Gasteiger partial charge in [-0.25, -0.2) is 0 Å². The van der Waals surface area contributed by atoms with Crippen LogP contribution in [-0.4, -0.2) is 11.0 Å². The third kappa shape index (κ3) is 2.29. The summed E-state index contributed by atoms with van der Waals surface area (Å²) in [5.41, 5.74) is 2.66. The van der Waals surface area contributed by atoms with E-state index in [-0.39, 0.29) is 12.3 Å². The molecule has 0 saturated carbocycles. The first kappa shape index (κ1) is 13.4. The van der Waals surface area contributed by atoms with Crippen LogP contribution in [0.1, 0.15) is 22.8 Å². The molecule has 1 atom stereocenters. The SMILES string of the molecule is O=C1Cc2cc(C(O)c3ccccc3Cl)cc(Cl)c2N1. The number of rotatable bonds is 2. The van der Waals surface area contributed by atoms with Gasteiger partial charge in [0.2, 0.25) is 5.91 Å². The Bertz CT molecular complexity index is 700. The van der Waals surface area contributed by atoms with E-state index in [1.807, 2.05) is 6.07 Å². The first-order valence-corrected chi connectivity index (χ1v) is 6.86. The molecule has 20 heavy (non-hydrogen) atoms. The highest BCUT2D eigenvalue weighted by atomic mass is 35.5. The molecule has 0 radical (unpaired) electrons. The van der Waals surface area contributed by atoms with Crippen LogP contribution in [0.15, 0.2) is 36.4 Å². The Morgan fingerprint density at radius 3 is 2.65 bits per heavy atom. The molecule has 0 spiro atoms. The Labute approximate surface area is 126 Å². The number of benzene rings is 2. The number of anilines is 1. The Morgan fingerprint density at radius 2 is 1.90 bits per heavy atom. The number of aliphatic hydroxyl groups excluding tert-OH is 1. The van der Waals surface area contributed by atoms with Crippen molar-refractivity contribution in [3.63, 3.8) is 0 Å². The molecule has 2 aromatic carbocycles. The number of hydrogen-bond donors (Lipinski definition) is 2. The molecular weight excluding hydrogens is 297 g/mol. The molecular formula is C15H11Cl2NO2. The van der Waals surface area contributed by atoms with Crippen LogP contribution in [0.25, 0.3) is 0 Å². The van der Waals surface area contributed by atoms with Crippen molar-refractivity contribution >= 4 is 34.8 Å². The molecule has 0 aliphatic carbocycles. The van der Waals surface area contributed by atoms with Gasteiger partial charge in [-0.3, -0.25) is 4.79 Å². The van der Waals surface area contributed by atoms with Crippen LogP contribution in [0.5, 0.6) is 0 Å². The van der Waals surface area contributed by atoms with Crippen molar-refractivity contribution in [3.05, 3.63) is 63.1 Å². The fraction of sp³-hybridized carbons (Fsp3) is 0.133. The predicted octanol–water partition coefficient (Wildman–Crippen LogP) is 3.57. The van der Waals surface area contributed by atoms with Crippen LogP contribution in [0, 0.1) is 0 Å². The number of aliphatic hydroxyl groups is 1. The lowest BCUT2D eigenvalue weighted by Gasteiger charge is -2.15. The van der Waals surface area contributed by atoms with Gasteiger partial charge in [0.25, 0.3) is 0 Å². The summed E-state index contributed by atoms with van der Waals surface area (Å²) in [6.07, 6.45) is -0.597. The van der Waals surface area contributed by atoms with E-state index < -0.39 is 6.10 Å². The van der Waals surface area contributed by atoms with Crippen LogP contribution in [0.3, 0.4) is 0 Å². The monoisotopic (exact) mass is 307 g/mol. The number of nitrogens with one attached hydrogen (secondary N) is 1. The lowest BCUT2D eigenvalue weighted by Crippen LogP contribution is -2.03. The van der Waals surface area contributed by atoms with Gasteiger partial charge in [-0.05, 0) is 23.3 Å². The topological polar surface area (TPSA) is 49.3 Å². The summed E-state index contributed by atoms with van der Waals surface area (Å²) >= 11 is 12.2. The molecule has 2 N–H and O–H groups in total. The minimum absolute atomic E-state index is 0.0914. The summed E-state index contributed by atoms with van der Waals surface area (Å²) in [6, 6.07) is 10.5. The first-order valence-electron chi connectivity index (χ1n) is 6.11. The summed E-state index contributed by atoms with van der Waals surface area (Å²) in [5.74, 6) is -0.0914. The van der Waals surface area contributed by atoms with Crippen LogP contribution < -0.4 is 5.32 Å². The maximum atomic E-state index is 11.4. The summed E-state index contributed by atoms with van der Waals surface area (Å²) < 4.78 is 0. The van der Waals surface area contributed by atoms with Crippen molar-refractivity contribution in [2.75, 3.05) is 5.32 Å². The summed E-state index contributed by atoms with van der Waals surface area (Å²) in [5, 5.41) is 14.1. The maximum absolute atomic E-state index is 11.4. The van der Waals surface area contributed by atoms with Crippen molar-refractivity contribution in [1.29, 1.82) is 0 Å². The van der Waals surface area contributed by atoms with E-state index in [0.717, 1.165) is 5.56 Å². The Kier molecular flexibility index (Phi) is 3.42. The van der Waals surface area contributed by atoms with Crippen LogP contribution in [0.2, 0.25) is 10.0 Å². The standard InChI is InChI=1S/C15H11Cl2NO2/c16-11-4-2-1-3-10(11)15(20)9-5-8-7-13(19)18-14(8)12(17)6-9/h1-6,15,20H,7H2,(H,18,19). The van der Waals surface area contributed by atoms with Gasteiger partial charge in [-0.15, -0.1) is 0 Å². The lowest BCUT2D eigenvalue weighted by molar-refractivity contribution is -0.115. The van der Waals surface area contributed by atoms with Gasteiger partial charge >= 0.3 is 0 Å². The summed E-state index contributed by atoms with van der Waals surface area (Å²) in [4.78, 5) is 11.4. The summed E-state index contributed by atoms with van der Waals surface area (Å²) in [7, 11) is 0. The van der Waals surface area contributed by atoms with E-state index in [1.165, 1.54) is 0 Å². The van der Waals surface area contributed by atoms with Crippen molar-refractivity contribution in [2.45, 2.75) is 12.5 Å². The zero-order valence-corrected chi connectivity index (χ0v) is 11.9. The van der Waals surface area contributed by atoms with Gasteiger partial charge in [0.1, 0.15) is 6.10 Å². The Balaban J connectivity index is 2.04. The predicted molar refractivity (Wildman–Crippen MR) is 79.3 cm³/mol. The molecule has 3 rings (SSSR count). The Morgan fingerprint density at radius 1 is 1.15 bits per heavy atom. The van der Waals surface area contributed by atoms with Gasteiger partial charge in [-0.2, -0.15) is 0 Å². The number of carbonyl (C=O) groups excluding carboxylic acids is 1. The second-order valence-electron chi connectivity index (χ2n) is 4.69. The Hall–Kier alpha value is -1.55. The summed E-state index contributed by atoms with van der Waals surface area (Å²) in [6.45, 7) is 0. The molecule has 1 aliphatic rings. The number of halogens is 2. The smallest absolute Gasteiger partial charge is 0.228 e. The zero-order chi connectivity index (χ0) is 14.3. The van der Waals surface area contributed by atoms with Crippen molar-refractivity contribution < 1.29 is 9.90 Å². The normalized spacial score (nSPS) is 14.8. The minimum atomic E-state index is -0.873. The highest BCUT2D eigenvalue weighted by molar-refractivity contribution is 6.34. The largest absolute Gasteiger partial charge is 0.384 e. The van der Waals surface area contributed by atoms with Crippen molar-refractivity contribution in [1.82, 2.24) is 0 Å². The zero-order valence-electron chi connectivity index (χ0n) is 10.4. The van der Waals surface area contributed by atoms with E-state index >= 15 is 0 Å². The van der Waals surface area contributed by atoms with Gasteiger partial charge in [0.05, 0.1) is 17.1 Å². The quantitative estimate of drug-likeness (QED) is 0.891. The molecule has 1 unspecified atom stereocenters. The molecule has 0 fully saturated rings. The van der Waals surface area contributed by atoms with Crippen molar-refractivity contribution in [3.8, 4) is 0 Å². The molecule has 1 amide bonds. The highest BCUT2D eigenvalue weighted by Gasteiger charge is 2.23. The lowest BCUT2D eigenvalue weighted by atomic mass is 9.98. The highest BCUT2D eigenvalue weighted by Crippen LogP contribution is 2.36. The molecule has 3 nitrogen and oxygen atoms in total. The van der Waals surface area contributed by atoms with E-state index in [4.69, 9.17) is 23.2 Å². The average molecular weight is 308 g/mol. The molecule has 0 saturated heterocycles. The van der Waals surface area contributed by atoms with Gasteiger partial charge in [0, 0.05) is 10.6 Å². The number of carbonyl (C=O) groups is 1. The van der Waals surface area contributed by atoms with E-state index in [1.54, 1.807) is 30.3 Å². The van der Waals surface area contributed by atoms with Gasteiger partial charge in [0.15, 0.2) is 0 Å². The first-order chi connectivity index (χ1) is 9.56. The van der Waals surface area contributed by atoms with E-state index in [9.17, 15) is 9.90 Å². The maximum Gasteiger partial charge on any atom is 0.228 e. The molecule has 0 aromatic heterocycles. The molecule has 5 heteroatoms. The van der Waals surface area contributed by atoms with E-state index in [2.05, 4.69) is 5.32 Å². The second kappa shape index (κ2) is 5.09. The van der Waals surface area contributed by atoms with Crippen LogP contribution >= 0.6 is 23.2 Å². The van der Waals surface area contributed by atoms with Crippen LogP contribution in [0.4, 0.5) is 5.69 Å². The minimum Gasteiger partial charge on any atom is -0.384 e. The number of fused-ring (bicyclic) bond motifs is 1. The molecule has 102 valence electrons. The second-order valence-corrected chi connectivity index (χ2v) is 5.50. The fourth-order valence-electron chi connectivity index (χ4n) is 2.36. The van der Waals surface area contributed by atoms with Crippen molar-refractivity contribution in [2.24, 2.45) is 0 Å². The molecule has 0 bridgehead atoms. The van der Waals surface area contributed by atoms with Gasteiger partial charge < -0.3 is 10.4 Å². The fourth-order valence-corrected chi connectivity index (χ4v) is 2.89. The van der Waals surface area contributed by atoms with E-state index in [0.29, 0.717) is 26.9 Å². The van der Waals surface area contributed by atoms with Gasteiger partial charge in [-0.1, -0.05) is 47.5 Å². The average Bonchev–Trinajstić information content (AvgIpc) is 2.79. The third-order valence-electron chi connectivity index (χ3n) is 3.33.